The number of rotatable bonds is 8. The van der Waals surface area contributed by atoms with Gasteiger partial charge in [-0.1, -0.05) is 60.3 Å². The van der Waals surface area contributed by atoms with Gasteiger partial charge in [-0.2, -0.15) is 0 Å². The lowest BCUT2D eigenvalue weighted by atomic mass is 10.2. The van der Waals surface area contributed by atoms with Crippen molar-refractivity contribution in [2.45, 2.75) is 12.1 Å². The molecule has 0 spiro atoms. The number of benzene rings is 2. The van der Waals surface area contributed by atoms with Crippen molar-refractivity contribution in [3.05, 3.63) is 60.7 Å². The molecular weight excluding hydrogens is 388 g/mol. The summed E-state index contributed by atoms with van der Waals surface area (Å²) in [7, 11) is 1.58. The molecule has 0 saturated carbocycles. The minimum Gasteiger partial charge on any atom is -0.465 e. The van der Waals surface area contributed by atoms with Crippen LogP contribution in [0, 0.1) is 0 Å². The highest BCUT2D eigenvalue weighted by Crippen LogP contribution is 2.27. The molecule has 7 nitrogen and oxygen atoms in total. The van der Waals surface area contributed by atoms with Gasteiger partial charge in [0, 0.05) is 18.3 Å². The molecule has 0 aliphatic heterocycles. The van der Waals surface area contributed by atoms with Crippen LogP contribution in [0.15, 0.2) is 65.8 Å². The molecule has 3 rings (SSSR count). The first-order valence-corrected chi connectivity index (χ1v) is 10.2. The van der Waals surface area contributed by atoms with E-state index in [4.69, 9.17) is 4.74 Å². The molecule has 1 aromatic heterocycles. The van der Waals surface area contributed by atoms with E-state index in [1.807, 2.05) is 65.2 Å². The number of carbonyl (C=O) groups is 2. The number of para-hydroxylation sites is 1. The van der Waals surface area contributed by atoms with Gasteiger partial charge >= 0.3 is 5.97 Å². The van der Waals surface area contributed by atoms with Crippen molar-refractivity contribution in [1.82, 2.24) is 19.7 Å². The van der Waals surface area contributed by atoms with Crippen LogP contribution in [0.3, 0.4) is 0 Å². The molecule has 0 aliphatic carbocycles. The molecule has 0 radical (unpaired) electrons. The number of nitrogens with zero attached hydrogens (tertiary/aromatic N) is 4. The third-order valence-corrected chi connectivity index (χ3v) is 5.02. The first kappa shape index (κ1) is 20.6. The summed E-state index contributed by atoms with van der Waals surface area (Å²) in [6.45, 7) is 1.95. The van der Waals surface area contributed by atoms with E-state index in [1.54, 1.807) is 14.0 Å². The van der Waals surface area contributed by atoms with Gasteiger partial charge in [0.15, 0.2) is 11.0 Å². The fraction of sp³-hybridized carbons (Fsp3) is 0.238. The summed E-state index contributed by atoms with van der Waals surface area (Å²) >= 11 is 1.28. The number of thioether (sulfide) groups is 1. The first-order valence-electron chi connectivity index (χ1n) is 9.18. The number of amides is 1. The van der Waals surface area contributed by atoms with Crippen LogP contribution in [-0.2, 0) is 14.3 Å². The summed E-state index contributed by atoms with van der Waals surface area (Å²) < 4.78 is 6.82. The maximum Gasteiger partial charge on any atom is 0.325 e. The van der Waals surface area contributed by atoms with Gasteiger partial charge < -0.3 is 9.64 Å². The Hall–Kier alpha value is -3.13. The highest BCUT2D eigenvalue weighted by atomic mass is 32.2. The van der Waals surface area contributed by atoms with Crippen molar-refractivity contribution in [3.63, 3.8) is 0 Å². The zero-order chi connectivity index (χ0) is 20.6. The number of likely N-dealkylation sites (N-methyl/N-ethyl adjacent to an activating group) is 1. The Balaban J connectivity index is 1.80. The standard InChI is InChI=1S/C21H22N4O3S/c1-3-28-19(27)14-24(2)18(26)15-29-21-23-22-20(16-10-6-4-7-11-16)25(21)17-12-8-5-9-13-17/h4-13H,3,14-15H2,1-2H3. The molecule has 2 aromatic carbocycles. The fourth-order valence-corrected chi connectivity index (χ4v) is 3.56. The minimum atomic E-state index is -0.424. The summed E-state index contributed by atoms with van der Waals surface area (Å²) in [6, 6.07) is 19.5. The molecule has 0 atom stereocenters. The molecule has 0 saturated heterocycles. The first-order chi connectivity index (χ1) is 14.1. The van der Waals surface area contributed by atoms with Crippen LogP contribution in [0.4, 0.5) is 0 Å². The van der Waals surface area contributed by atoms with Crippen molar-refractivity contribution in [2.24, 2.45) is 0 Å². The molecule has 0 bridgehead atoms. The van der Waals surface area contributed by atoms with Gasteiger partial charge in [0.05, 0.1) is 12.4 Å². The summed E-state index contributed by atoms with van der Waals surface area (Å²) in [6.07, 6.45) is 0. The van der Waals surface area contributed by atoms with Gasteiger partial charge in [0.1, 0.15) is 6.54 Å². The summed E-state index contributed by atoms with van der Waals surface area (Å²) in [5.41, 5.74) is 1.84. The quantitative estimate of drug-likeness (QED) is 0.420. The van der Waals surface area contributed by atoms with E-state index in [0.29, 0.717) is 11.0 Å². The van der Waals surface area contributed by atoms with E-state index in [1.165, 1.54) is 16.7 Å². The molecule has 29 heavy (non-hydrogen) atoms. The fourth-order valence-electron chi connectivity index (χ4n) is 2.67. The van der Waals surface area contributed by atoms with E-state index >= 15 is 0 Å². The van der Waals surface area contributed by atoms with Crippen molar-refractivity contribution < 1.29 is 14.3 Å². The second kappa shape index (κ2) is 9.88. The van der Waals surface area contributed by atoms with Gasteiger partial charge in [0.2, 0.25) is 5.91 Å². The average molecular weight is 410 g/mol. The molecule has 8 heteroatoms. The van der Waals surface area contributed by atoms with Crippen molar-refractivity contribution in [1.29, 1.82) is 0 Å². The summed E-state index contributed by atoms with van der Waals surface area (Å²) in [5.74, 6) is 0.223. The van der Waals surface area contributed by atoms with Gasteiger partial charge in [-0.05, 0) is 19.1 Å². The number of hydrogen-bond acceptors (Lipinski definition) is 6. The number of hydrogen-bond donors (Lipinski definition) is 0. The van der Waals surface area contributed by atoms with Crippen LogP contribution in [0.5, 0.6) is 0 Å². The maximum absolute atomic E-state index is 12.4. The molecule has 150 valence electrons. The van der Waals surface area contributed by atoms with Gasteiger partial charge in [-0.15, -0.1) is 10.2 Å². The molecule has 1 heterocycles. The van der Waals surface area contributed by atoms with E-state index in [2.05, 4.69) is 10.2 Å². The monoisotopic (exact) mass is 410 g/mol. The Morgan fingerprint density at radius 2 is 1.69 bits per heavy atom. The Labute approximate surface area is 173 Å². The molecule has 3 aromatic rings. The number of esters is 1. The SMILES string of the molecule is CCOC(=O)CN(C)C(=O)CSc1nnc(-c2ccccc2)n1-c1ccccc1. The second-order valence-corrected chi connectivity index (χ2v) is 7.13. The lowest BCUT2D eigenvalue weighted by Crippen LogP contribution is -2.34. The average Bonchev–Trinajstić information content (AvgIpc) is 3.17. The van der Waals surface area contributed by atoms with Gasteiger partial charge in [0.25, 0.3) is 0 Å². The van der Waals surface area contributed by atoms with Crippen molar-refractivity contribution in [3.8, 4) is 17.1 Å². The third kappa shape index (κ3) is 5.23. The molecule has 0 N–H and O–H groups in total. The zero-order valence-corrected chi connectivity index (χ0v) is 17.1. The predicted octanol–water partition coefficient (Wildman–Crippen LogP) is 3.05. The van der Waals surface area contributed by atoms with Crippen LogP contribution in [0.2, 0.25) is 0 Å². The Bertz CT molecular complexity index is 961. The molecule has 0 aliphatic rings. The Kier molecular flexibility index (Phi) is 7.02. The predicted molar refractivity (Wildman–Crippen MR) is 112 cm³/mol. The third-order valence-electron chi connectivity index (χ3n) is 4.10. The van der Waals surface area contributed by atoms with E-state index < -0.39 is 5.97 Å². The topological polar surface area (TPSA) is 77.3 Å². The van der Waals surface area contributed by atoms with Gasteiger partial charge in [-0.3, -0.25) is 14.2 Å². The normalized spacial score (nSPS) is 10.6. The molecule has 0 fully saturated rings. The van der Waals surface area contributed by atoms with Crippen LogP contribution >= 0.6 is 11.8 Å². The van der Waals surface area contributed by atoms with Crippen LogP contribution in [0.1, 0.15) is 6.92 Å². The summed E-state index contributed by atoms with van der Waals surface area (Å²) in [4.78, 5) is 25.4. The smallest absolute Gasteiger partial charge is 0.325 e. The van der Waals surface area contributed by atoms with Gasteiger partial charge in [-0.25, -0.2) is 0 Å². The minimum absolute atomic E-state index is 0.0755. The number of carbonyl (C=O) groups excluding carboxylic acids is 2. The zero-order valence-electron chi connectivity index (χ0n) is 16.3. The van der Waals surface area contributed by atoms with E-state index in [9.17, 15) is 9.59 Å². The Morgan fingerprint density at radius 1 is 1.03 bits per heavy atom. The highest BCUT2D eigenvalue weighted by Gasteiger charge is 2.19. The van der Waals surface area contributed by atoms with Crippen LogP contribution < -0.4 is 0 Å². The Morgan fingerprint density at radius 3 is 2.34 bits per heavy atom. The van der Waals surface area contributed by atoms with Crippen molar-refractivity contribution >= 4 is 23.6 Å². The van der Waals surface area contributed by atoms with E-state index in [-0.39, 0.29) is 24.8 Å². The van der Waals surface area contributed by atoms with E-state index in [0.717, 1.165) is 11.3 Å². The summed E-state index contributed by atoms with van der Waals surface area (Å²) in [5, 5.41) is 9.26. The van der Waals surface area contributed by atoms with Crippen LogP contribution in [-0.4, -0.2) is 57.5 Å². The molecule has 0 unspecified atom stereocenters. The molecule has 1 amide bonds. The number of aromatic nitrogens is 3. The lowest BCUT2D eigenvalue weighted by Gasteiger charge is -2.16. The molecular formula is C21H22N4O3S. The maximum atomic E-state index is 12.4. The van der Waals surface area contributed by atoms with Crippen LogP contribution in [0.25, 0.3) is 17.1 Å². The largest absolute Gasteiger partial charge is 0.465 e. The van der Waals surface area contributed by atoms with Crippen molar-refractivity contribution in [2.75, 3.05) is 26.0 Å². The number of ether oxygens (including phenoxy) is 1. The lowest BCUT2D eigenvalue weighted by molar-refractivity contribution is -0.147. The second-order valence-electron chi connectivity index (χ2n) is 6.19. The highest BCUT2D eigenvalue weighted by molar-refractivity contribution is 7.99.